The summed E-state index contributed by atoms with van der Waals surface area (Å²) in [4.78, 5) is 0. The van der Waals surface area contributed by atoms with E-state index in [0.29, 0.717) is 32.3 Å². The summed E-state index contributed by atoms with van der Waals surface area (Å²) in [7, 11) is 0. The zero-order chi connectivity index (χ0) is 10.9. The first-order valence-electron chi connectivity index (χ1n) is 5.45. The van der Waals surface area contributed by atoms with Crippen molar-refractivity contribution < 1.29 is 14.6 Å². The van der Waals surface area contributed by atoms with Crippen molar-refractivity contribution in [2.75, 3.05) is 33.0 Å². The van der Waals surface area contributed by atoms with E-state index in [2.05, 4.69) is 25.2 Å². The molecular weight excluding hydrogens is 192 g/mol. The highest BCUT2D eigenvalue weighted by molar-refractivity contribution is 5.19. The molecule has 3 heteroatoms. The molecular formula is C12H20O3. The number of aliphatic hydroxyl groups is 1. The van der Waals surface area contributed by atoms with Crippen molar-refractivity contribution in [3.05, 3.63) is 23.8 Å². The zero-order valence-electron chi connectivity index (χ0n) is 9.32. The van der Waals surface area contributed by atoms with E-state index in [1.165, 1.54) is 5.57 Å². The summed E-state index contributed by atoms with van der Waals surface area (Å²) in [5, 5.41) is 8.47. The van der Waals surface area contributed by atoms with E-state index in [-0.39, 0.29) is 6.61 Å². The highest BCUT2D eigenvalue weighted by atomic mass is 16.5. The molecule has 15 heavy (non-hydrogen) atoms. The Bertz CT molecular complexity index is 221. The Balaban J connectivity index is 2.00. The lowest BCUT2D eigenvalue weighted by atomic mass is 9.97. The van der Waals surface area contributed by atoms with Crippen LogP contribution in [0.25, 0.3) is 0 Å². The van der Waals surface area contributed by atoms with Crippen LogP contribution in [0.5, 0.6) is 0 Å². The molecule has 0 spiro atoms. The van der Waals surface area contributed by atoms with E-state index in [4.69, 9.17) is 14.6 Å². The molecule has 0 aliphatic heterocycles. The van der Waals surface area contributed by atoms with Gasteiger partial charge in [-0.1, -0.05) is 25.2 Å². The average molecular weight is 212 g/mol. The minimum atomic E-state index is 0.0768. The smallest absolute Gasteiger partial charge is 0.0704 e. The lowest BCUT2D eigenvalue weighted by Gasteiger charge is -2.14. The number of rotatable bonds is 7. The van der Waals surface area contributed by atoms with Crippen molar-refractivity contribution in [2.24, 2.45) is 5.92 Å². The molecule has 1 N–H and O–H groups in total. The molecule has 1 rings (SSSR count). The Hall–Kier alpha value is -0.640. The van der Waals surface area contributed by atoms with Crippen LogP contribution < -0.4 is 0 Å². The summed E-state index contributed by atoms with van der Waals surface area (Å²) in [5.41, 5.74) is 1.34. The quantitative estimate of drug-likeness (QED) is 0.650. The molecule has 86 valence electrons. The number of hydrogen-bond acceptors (Lipinski definition) is 3. The fourth-order valence-corrected chi connectivity index (χ4v) is 1.53. The third kappa shape index (κ3) is 5.72. The highest BCUT2D eigenvalue weighted by Gasteiger charge is 2.06. The second-order valence-corrected chi connectivity index (χ2v) is 3.78. The van der Waals surface area contributed by atoms with Crippen LogP contribution >= 0.6 is 0 Å². The van der Waals surface area contributed by atoms with E-state index in [0.717, 1.165) is 6.42 Å². The van der Waals surface area contributed by atoms with Crippen LogP contribution in [0.3, 0.4) is 0 Å². The predicted molar refractivity (Wildman–Crippen MR) is 59.7 cm³/mol. The minimum Gasteiger partial charge on any atom is -0.394 e. The van der Waals surface area contributed by atoms with Gasteiger partial charge in [0.15, 0.2) is 0 Å². The molecule has 0 aromatic carbocycles. The van der Waals surface area contributed by atoms with Crippen molar-refractivity contribution in [2.45, 2.75) is 13.3 Å². The topological polar surface area (TPSA) is 38.7 Å². The number of aliphatic hydroxyl groups excluding tert-OH is 1. The average Bonchev–Trinajstić information content (AvgIpc) is 2.23. The van der Waals surface area contributed by atoms with Crippen LogP contribution in [-0.2, 0) is 9.47 Å². The fraction of sp³-hybridized carbons (Fsp3) is 0.667. The Morgan fingerprint density at radius 1 is 1.33 bits per heavy atom. The summed E-state index contributed by atoms with van der Waals surface area (Å²) >= 11 is 0. The molecule has 0 radical (unpaired) electrons. The van der Waals surface area contributed by atoms with Gasteiger partial charge in [0, 0.05) is 0 Å². The van der Waals surface area contributed by atoms with Crippen LogP contribution in [-0.4, -0.2) is 38.1 Å². The van der Waals surface area contributed by atoms with E-state index < -0.39 is 0 Å². The fourth-order valence-electron chi connectivity index (χ4n) is 1.53. The molecule has 0 aromatic heterocycles. The maximum absolute atomic E-state index is 8.47. The van der Waals surface area contributed by atoms with Crippen molar-refractivity contribution in [3.8, 4) is 0 Å². The SMILES string of the molecule is CC1C=CC=C(COCCOCCO)C1. The molecule has 1 aliphatic rings. The van der Waals surface area contributed by atoms with Crippen molar-refractivity contribution in [1.82, 2.24) is 0 Å². The zero-order valence-corrected chi connectivity index (χ0v) is 9.32. The molecule has 1 atom stereocenters. The number of ether oxygens (including phenoxy) is 2. The first-order valence-corrected chi connectivity index (χ1v) is 5.45. The monoisotopic (exact) mass is 212 g/mol. The van der Waals surface area contributed by atoms with E-state index >= 15 is 0 Å². The second kappa shape index (κ2) is 7.63. The van der Waals surface area contributed by atoms with Crippen LogP contribution in [0.4, 0.5) is 0 Å². The summed E-state index contributed by atoms with van der Waals surface area (Å²) in [5.74, 6) is 0.624. The second-order valence-electron chi connectivity index (χ2n) is 3.78. The van der Waals surface area contributed by atoms with Crippen LogP contribution in [0.2, 0.25) is 0 Å². The van der Waals surface area contributed by atoms with Crippen molar-refractivity contribution >= 4 is 0 Å². The molecule has 1 unspecified atom stereocenters. The van der Waals surface area contributed by atoms with Crippen LogP contribution in [0.1, 0.15) is 13.3 Å². The Morgan fingerprint density at radius 3 is 2.87 bits per heavy atom. The summed E-state index contributed by atoms with van der Waals surface area (Å²) in [6.07, 6.45) is 7.51. The lowest BCUT2D eigenvalue weighted by molar-refractivity contribution is 0.0389. The maximum atomic E-state index is 8.47. The number of hydrogen-bond donors (Lipinski definition) is 1. The molecule has 0 aromatic rings. The normalized spacial score (nSPS) is 20.4. The van der Waals surface area contributed by atoms with E-state index in [1.807, 2.05) is 0 Å². The molecule has 3 nitrogen and oxygen atoms in total. The lowest BCUT2D eigenvalue weighted by Crippen LogP contribution is -2.10. The van der Waals surface area contributed by atoms with Gasteiger partial charge in [-0.2, -0.15) is 0 Å². The molecule has 0 bridgehead atoms. The van der Waals surface area contributed by atoms with Gasteiger partial charge in [-0.3, -0.25) is 0 Å². The van der Waals surface area contributed by atoms with Gasteiger partial charge in [-0.15, -0.1) is 0 Å². The Morgan fingerprint density at radius 2 is 2.13 bits per heavy atom. The largest absolute Gasteiger partial charge is 0.394 e. The van der Waals surface area contributed by atoms with Crippen LogP contribution in [0, 0.1) is 5.92 Å². The molecule has 0 saturated heterocycles. The molecule has 0 fully saturated rings. The molecule has 1 aliphatic carbocycles. The summed E-state index contributed by atoms with van der Waals surface area (Å²) < 4.78 is 10.5. The predicted octanol–water partition coefficient (Wildman–Crippen LogP) is 1.53. The maximum Gasteiger partial charge on any atom is 0.0704 e. The third-order valence-corrected chi connectivity index (χ3v) is 2.25. The van der Waals surface area contributed by atoms with Gasteiger partial charge in [-0.05, 0) is 17.9 Å². The first-order chi connectivity index (χ1) is 7.33. The van der Waals surface area contributed by atoms with Gasteiger partial charge < -0.3 is 14.6 Å². The molecule has 0 saturated carbocycles. The highest BCUT2D eigenvalue weighted by Crippen LogP contribution is 2.17. The van der Waals surface area contributed by atoms with Crippen LogP contribution in [0.15, 0.2) is 23.8 Å². The van der Waals surface area contributed by atoms with E-state index in [9.17, 15) is 0 Å². The van der Waals surface area contributed by atoms with Gasteiger partial charge in [0.25, 0.3) is 0 Å². The van der Waals surface area contributed by atoms with Crippen molar-refractivity contribution in [1.29, 1.82) is 0 Å². The molecule has 0 amide bonds. The van der Waals surface area contributed by atoms with Gasteiger partial charge in [-0.25, -0.2) is 0 Å². The standard InChI is InChI=1S/C12H20O3/c1-11-3-2-4-12(9-11)10-15-8-7-14-6-5-13/h2-4,11,13H,5-10H2,1H3. The van der Waals surface area contributed by atoms with Gasteiger partial charge in [0.1, 0.15) is 0 Å². The minimum absolute atomic E-state index is 0.0768. The number of allylic oxidation sites excluding steroid dienone is 3. The summed E-state index contributed by atoms with van der Waals surface area (Å²) in [6, 6.07) is 0. The Kier molecular flexibility index (Phi) is 6.32. The van der Waals surface area contributed by atoms with Crippen molar-refractivity contribution in [3.63, 3.8) is 0 Å². The van der Waals surface area contributed by atoms with E-state index in [1.54, 1.807) is 0 Å². The van der Waals surface area contributed by atoms with Gasteiger partial charge >= 0.3 is 0 Å². The third-order valence-electron chi connectivity index (χ3n) is 2.25. The Labute approximate surface area is 91.4 Å². The molecule has 0 heterocycles. The summed E-state index contributed by atoms with van der Waals surface area (Å²) in [6.45, 7) is 4.51. The first kappa shape index (κ1) is 12.4. The van der Waals surface area contributed by atoms with Gasteiger partial charge in [0.2, 0.25) is 0 Å². The van der Waals surface area contributed by atoms with Gasteiger partial charge in [0.05, 0.1) is 33.0 Å².